The summed E-state index contributed by atoms with van der Waals surface area (Å²) in [5.74, 6) is 1.17. The first-order chi connectivity index (χ1) is 10.5. The minimum absolute atomic E-state index is 0. The van der Waals surface area contributed by atoms with Crippen molar-refractivity contribution in [2.24, 2.45) is 17.6 Å². The van der Waals surface area contributed by atoms with Crippen molar-refractivity contribution < 1.29 is 9.59 Å². The molecule has 2 aliphatic rings. The van der Waals surface area contributed by atoms with Crippen molar-refractivity contribution in [3.05, 3.63) is 0 Å². The van der Waals surface area contributed by atoms with Gasteiger partial charge in [0.1, 0.15) is 0 Å². The van der Waals surface area contributed by atoms with Crippen molar-refractivity contribution >= 4 is 24.2 Å². The Morgan fingerprint density at radius 1 is 1.26 bits per heavy atom. The maximum Gasteiger partial charge on any atom is 0.239 e. The standard InChI is InChI=1S/C17H31N3O2.ClH/c1-3-13(2)16(18)17(22)19-10-7-14(8-11-19)12-20-9-5-4-6-15(20)21;/h13-14,16H,3-12,18H2,1-2H3;1H. The average molecular weight is 346 g/mol. The Kier molecular flexibility index (Phi) is 8.34. The second kappa shape index (κ2) is 9.48. The van der Waals surface area contributed by atoms with E-state index in [9.17, 15) is 9.59 Å². The number of nitrogens with zero attached hydrogens (tertiary/aromatic N) is 2. The van der Waals surface area contributed by atoms with Gasteiger partial charge < -0.3 is 15.5 Å². The van der Waals surface area contributed by atoms with Crippen molar-refractivity contribution in [1.29, 1.82) is 0 Å². The molecule has 6 heteroatoms. The predicted molar refractivity (Wildman–Crippen MR) is 94.4 cm³/mol. The number of amides is 2. The van der Waals surface area contributed by atoms with E-state index >= 15 is 0 Å². The molecule has 134 valence electrons. The van der Waals surface area contributed by atoms with Crippen LogP contribution < -0.4 is 5.73 Å². The van der Waals surface area contributed by atoms with Crippen molar-refractivity contribution in [2.45, 2.75) is 58.4 Å². The molecule has 0 radical (unpaired) electrons. The highest BCUT2D eigenvalue weighted by molar-refractivity contribution is 5.85. The van der Waals surface area contributed by atoms with E-state index in [1.54, 1.807) is 0 Å². The van der Waals surface area contributed by atoms with E-state index in [-0.39, 0.29) is 30.3 Å². The van der Waals surface area contributed by atoms with E-state index in [1.807, 2.05) is 16.7 Å². The summed E-state index contributed by atoms with van der Waals surface area (Å²) in [6.45, 7) is 7.47. The second-order valence-corrected chi connectivity index (χ2v) is 6.98. The Hall–Kier alpha value is -0.810. The molecule has 2 N–H and O–H groups in total. The van der Waals surface area contributed by atoms with E-state index in [0.29, 0.717) is 18.2 Å². The molecule has 2 aliphatic heterocycles. The van der Waals surface area contributed by atoms with Crippen LogP contribution in [0.3, 0.4) is 0 Å². The van der Waals surface area contributed by atoms with E-state index in [1.165, 1.54) is 0 Å². The number of nitrogens with two attached hydrogens (primary N) is 1. The Labute approximate surface area is 146 Å². The van der Waals surface area contributed by atoms with Crippen LogP contribution in [0.2, 0.25) is 0 Å². The lowest BCUT2D eigenvalue weighted by atomic mass is 9.93. The van der Waals surface area contributed by atoms with Crippen LogP contribution in [0, 0.1) is 11.8 Å². The third-order valence-corrected chi connectivity index (χ3v) is 5.37. The number of halogens is 1. The predicted octanol–water partition coefficient (Wildman–Crippen LogP) is 2.03. The third-order valence-electron chi connectivity index (χ3n) is 5.37. The summed E-state index contributed by atoms with van der Waals surface area (Å²) in [4.78, 5) is 28.2. The zero-order valence-electron chi connectivity index (χ0n) is 14.5. The normalized spacial score (nSPS) is 22.5. The van der Waals surface area contributed by atoms with Gasteiger partial charge in [0, 0.05) is 32.6 Å². The first-order valence-electron chi connectivity index (χ1n) is 8.85. The lowest BCUT2D eigenvalue weighted by Gasteiger charge is -2.37. The van der Waals surface area contributed by atoms with Crippen LogP contribution in [-0.2, 0) is 9.59 Å². The molecule has 2 atom stereocenters. The van der Waals surface area contributed by atoms with Crippen LogP contribution in [0.4, 0.5) is 0 Å². The highest BCUT2D eigenvalue weighted by Gasteiger charge is 2.30. The lowest BCUT2D eigenvalue weighted by Crippen LogP contribution is -2.50. The molecule has 0 aromatic rings. The SMILES string of the molecule is CCC(C)C(N)C(=O)N1CCC(CN2CCCCC2=O)CC1.Cl. The summed E-state index contributed by atoms with van der Waals surface area (Å²) < 4.78 is 0. The van der Waals surface area contributed by atoms with Gasteiger partial charge in [-0.25, -0.2) is 0 Å². The molecule has 2 saturated heterocycles. The van der Waals surface area contributed by atoms with Gasteiger partial charge >= 0.3 is 0 Å². The summed E-state index contributed by atoms with van der Waals surface area (Å²) in [7, 11) is 0. The van der Waals surface area contributed by atoms with Gasteiger partial charge in [0.15, 0.2) is 0 Å². The van der Waals surface area contributed by atoms with Gasteiger partial charge in [-0.2, -0.15) is 0 Å². The first kappa shape index (κ1) is 20.2. The minimum atomic E-state index is -0.370. The molecule has 0 saturated carbocycles. The number of hydrogen-bond donors (Lipinski definition) is 1. The quantitative estimate of drug-likeness (QED) is 0.829. The molecule has 2 heterocycles. The van der Waals surface area contributed by atoms with Gasteiger partial charge in [0.25, 0.3) is 0 Å². The van der Waals surface area contributed by atoms with Gasteiger partial charge in [-0.05, 0) is 37.5 Å². The average Bonchev–Trinajstić information content (AvgIpc) is 2.55. The van der Waals surface area contributed by atoms with E-state index in [2.05, 4.69) is 6.92 Å². The third kappa shape index (κ3) is 5.35. The van der Waals surface area contributed by atoms with Crippen LogP contribution in [-0.4, -0.2) is 53.8 Å². The Morgan fingerprint density at radius 2 is 1.91 bits per heavy atom. The fourth-order valence-corrected chi connectivity index (χ4v) is 3.41. The fraction of sp³-hybridized carbons (Fsp3) is 0.882. The molecule has 0 aromatic carbocycles. The molecule has 2 unspecified atom stereocenters. The van der Waals surface area contributed by atoms with Crippen molar-refractivity contribution in [3.63, 3.8) is 0 Å². The molecule has 2 amide bonds. The van der Waals surface area contributed by atoms with Crippen molar-refractivity contribution in [2.75, 3.05) is 26.2 Å². The summed E-state index contributed by atoms with van der Waals surface area (Å²) in [6.07, 6.45) is 5.79. The van der Waals surface area contributed by atoms with Gasteiger partial charge in [-0.15, -0.1) is 12.4 Å². The topological polar surface area (TPSA) is 66.6 Å². The number of rotatable bonds is 5. The molecule has 2 fully saturated rings. The Balaban J connectivity index is 0.00000264. The van der Waals surface area contributed by atoms with Crippen LogP contribution in [0.5, 0.6) is 0 Å². The maximum absolute atomic E-state index is 12.4. The molecule has 2 rings (SSSR count). The molecule has 0 bridgehead atoms. The van der Waals surface area contributed by atoms with E-state index in [4.69, 9.17) is 5.73 Å². The molecule has 0 aromatic heterocycles. The summed E-state index contributed by atoms with van der Waals surface area (Å²) >= 11 is 0. The summed E-state index contributed by atoms with van der Waals surface area (Å²) in [5.41, 5.74) is 6.06. The number of hydrogen-bond acceptors (Lipinski definition) is 3. The fourth-order valence-electron chi connectivity index (χ4n) is 3.41. The molecular weight excluding hydrogens is 314 g/mol. The second-order valence-electron chi connectivity index (χ2n) is 6.98. The van der Waals surface area contributed by atoms with Gasteiger partial charge in [0.2, 0.25) is 11.8 Å². The van der Waals surface area contributed by atoms with Crippen molar-refractivity contribution in [1.82, 2.24) is 9.80 Å². The Morgan fingerprint density at radius 3 is 2.48 bits per heavy atom. The van der Waals surface area contributed by atoms with Gasteiger partial charge in [-0.3, -0.25) is 9.59 Å². The van der Waals surface area contributed by atoms with Crippen LogP contribution >= 0.6 is 12.4 Å². The molecule has 23 heavy (non-hydrogen) atoms. The van der Waals surface area contributed by atoms with Crippen LogP contribution in [0.25, 0.3) is 0 Å². The van der Waals surface area contributed by atoms with Crippen LogP contribution in [0.1, 0.15) is 52.4 Å². The number of likely N-dealkylation sites (tertiary alicyclic amines) is 2. The monoisotopic (exact) mass is 345 g/mol. The summed E-state index contributed by atoms with van der Waals surface area (Å²) in [5, 5.41) is 0. The largest absolute Gasteiger partial charge is 0.342 e. The molecule has 5 nitrogen and oxygen atoms in total. The minimum Gasteiger partial charge on any atom is -0.342 e. The number of carbonyl (C=O) groups is 2. The Bertz CT molecular complexity index is 397. The van der Waals surface area contributed by atoms with E-state index in [0.717, 1.165) is 58.3 Å². The van der Waals surface area contributed by atoms with Gasteiger partial charge in [-0.1, -0.05) is 20.3 Å². The molecule has 0 aliphatic carbocycles. The summed E-state index contributed by atoms with van der Waals surface area (Å²) in [6, 6.07) is -0.370. The number of carbonyl (C=O) groups excluding carboxylic acids is 2. The van der Waals surface area contributed by atoms with Crippen molar-refractivity contribution in [3.8, 4) is 0 Å². The zero-order chi connectivity index (χ0) is 16.1. The highest BCUT2D eigenvalue weighted by atomic mass is 35.5. The van der Waals surface area contributed by atoms with Crippen LogP contribution in [0.15, 0.2) is 0 Å². The number of piperidine rings is 2. The maximum atomic E-state index is 12.4. The van der Waals surface area contributed by atoms with E-state index < -0.39 is 0 Å². The smallest absolute Gasteiger partial charge is 0.239 e. The molecular formula is C17H32ClN3O2. The zero-order valence-corrected chi connectivity index (χ0v) is 15.3. The lowest BCUT2D eigenvalue weighted by molar-refractivity contribution is -0.137. The highest BCUT2D eigenvalue weighted by Crippen LogP contribution is 2.22. The first-order valence-corrected chi connectivity index (χ1v) is 8.85. The molecule has 0 spiro atoms. The van der Waals surface area contributed by atoms with Gasteiger partial charge in [0.05, 0.1) is 6.04 Å².